The number of aliphatic carboxylic acids is 1. The van der Waals surface area contributed by atoms with Crippen LogP contribution in [-0.2, 0) is 32.7 Å². The Kier molecular flexibility index (Phi) is 9.38. The third-order valence-corrected chi connectivity index (χ3v) is 11.1. The third kappa shape index (κ3) is 6.18. The molecule has 1 aliphatic rings. The molecule has 0 bridgehead atoms. The van der Waals surface area contributed by atoms with Gasteiger partial charge in [-0.05, 0) is 73.2 Å². The van der Waals surface area contributed by atoms with Gasteiger partial charge in [-0.25, -0.2) is 13.1 Å². The first-order valence-electron chi connectivity index (χ1n) is 15.7. The van der Waals surface area contributed by atoms with Crippen LogP contribution in [0.4, 0.5) is 0 Å². The lowest BCUT2D eigenvalue weighted by Crippen LogP contribution is -2.36. The second-order valence-corrected chi connectivity index (χ2v) is 14.5. The highest BCUT2D eigenvalue weighted by molar-refractivity contribution is 7.89. The molecule has 11 heteroatoms. The molecule has 1 N–H and O–H groups in total. The van der Waals surface area contributed by atoms with Crippen LogP contribution in [0, 0.1) is 19.3 Å². The Morgan fingerprint density at radius 1 is 1.07 bits per heavy atom. The van der Waals surface area contributed by atoms with Crippen LogP contribution in [0.5, 0.6) is 5.75 Å². The second kappa shape index (κ2) is 13.0. The van der Waals surface area contributed by atoms with E-state index in [9.17, 15) is 23.1 Å². The van der Waals surface area contributed by atoms with Crippen LogP contribution >= 0.6 is 0 Å². The summed E-state index contributed by atoms with van der Waals surface area (Å²) in [5.74, 6) is -1.32. The largest absolute Gasteiger partial charge is 0.488 e. The van der Waals surface area contributed by atoms with Crippen molar-refractivity contribution in [3.63, 3.8) is 0 Å². The van der Waals surface area contributed by atoms with Gasteiger partial charge in [0.15, 0.2) is 0 Å². The highest BCUT2D eigenvalue weighted by Gasteiger charge is 2.40. The van der Waals surface area contributed by atoms with Gasteiger partial charge in [0.2, 0.25) is 10.0 Å². The predicted octanol–water partition coefficient (Wildman–Crippen LogP) is 6.02. The molecule has 5 rings (SSSR count). The van der Waals surface area contributed by atoms with Crippen LogP contribution in [0.15, 0.2) is 59.5 Å². The summed E-state index contributed by atoms with van der Waals surface area (Å²) in [6.07, 6.45) is -0.0366. The van der Waals surface area contributed by atoms with E-state index in [1.165, 1.54) is 4.31 Å². The van der Waals surface area contributed by atoms with Crippen LogP contribution in [0.25, 0.3) is 11.0 Å². The molecular weight excluding hydrogens is 604 g/mol. The Morgan fingerprint density at radius 2 is 1.80 bits per heavy atom. The number of aromatic nitrogens is 3. The van der Waals surface area contributed by atoms with Crippen LogP contribution in [0.1, 0.15) is 80.7 Å². The topological polar surface area (TPSA) is 132 Å². The van der Waals surface area contributed by atoms with Gasteiger partial charge in [-0.3, -0.25) is 9.59 Å². The van der Waals surface area contributed by atoms with Crippen molar-refractivity contribution in [3.05, 3.63) is 82.4 Å². The van der Waals surface area contributed by atoms with Gasteiger partial charge in [-0.15, -0.1) is 5.10 Å². The number of ether oxygens (including phenoxy) is 1. The zero-order chi connectivity index (χ0) is 33.4. The van der Waals surface area contributed by atoms with E-state index in [-0.39, 0.29) is 42.7 Å². The van der Waals surface area contributed by atoms with Crippen LogP contribution in [-0.4, -0.2) is 57.2 Å². The molecule has 0 unspecified atom stereocenters. The van der Waals surface area contributed by atoms with Crippen molar-refractivity contribution in [2.75, 3.05) is 6.54 Å². The van der Waals surface area contributed by atoms with Crippen molar-refractivity contribution in [1.29, 1.82) is 0 Å². The quantitative estimate of drug-likeness (QED) is 0.209. The van der Waals surface area contributed by atoms with E-state index in [2.05, 4.69) is 10.3 Å². The van der Waals surface area contributed by atoms with E-state index in [1.807, 2.05) is 76.6 Å². The highest BCUT2D eigenvalue weighted by Crippen LogP contribution is 2.45. The fraction of sp³-hybridized carbons (Fsp3) is 0.429. The highest BCUT2D eigenvalue weighted by atomic mass is 32.2. The molecule has 0 amide bonds. The van der Waals surface area contributed by atoms with Crippen molar-refractivity contribution >= 4 is 32.8 Å². The maximum atomic E-state index is 14.0. The van der Waals surface area contributed by atoms with Crippen molar-refractivity contribution in [2.45, 2.75) is 90.8 Å². The minimum atomic E-state index is -3.87. The van der Waals surface area contributed by atoms with Crippen molar-refractivity contribution in [3.8, 4) is 5.75 Å². The molecule has 46 heavy (non-hydrogen) atoms. The molecular formula is C35H42N4O6S. The molecule has 1 aliphatic heterocycles. The fourth-order valence-corrected chi connectivity index (χ4v) is 8.02. The van der Waals surface area contributed by atoms with Crippen LogP contribution in [0.3, 0.4) is 0 Å². The molecule has 4 aromatic rings. The number of carboxylic acid groups (broad SMARTS) is 1. The molecule has 0 saturated carbocycles. The normalized spacial score (nSPS) is 17.2. The first-order valence-corrected chi connectivity index (χ1v) is 17.2. The molecule has 0 radical (unpaired) electrons. The van der Waals surface area contributed by atoms with Crippen molar-refractivity contribution in [2.24, 2.45) is 5.41 Å². The SMILES string of the molecule is CC[C@@H]1CN(Cc2cc([C@@H](c3ccc4c(nnn4CC)c3C)C(C)(C)C(=O)CCC(=O)O)ccc2C)S(=O)(=O)c2ccccc2O1. The van der Waals surface area contributed by atoms with Crippen LogP contribution < -0.4 is 4.74 Å². The Hall–Kier alpha value is -4.09. The standard InChI is InChI=1S/C35H42N4O6S/c1-7-26-21-38(46(43,44)30-12-10-9-11-29(30)45-26)20-25-19-24(14-13-22(25)3)33(35(5,6)31(40)17-18-32(41)42)27-15-16-28-34(23(27)4)36-37-39(28)8-2/h9-16,19,26,33H,7-8,17-18,20-21H2,1-6H3,(H,41,42)/t26-,33+/m1/s1. The van der Waals surface area contributed by atoms with E-state index in [0.717, 1.165) is 38.9 Å². The molecule has 0 fully saturated rings. The Morgan fingerprint density at radius 3 is 2.50 bits per heavy atom. The van der Waals surface area contributed by atoms with Crippen molar-refractivity contribution in [1.82, 2.24) is 19.3 Å². The van der Waals surface area contributed by atoms with E-state index in [0.29, 0.717) is 18.7 Å². The van der Waals surface area contributed by atoms with Gasteiger partial charge in [0.25, 0.3) is 0 Å². The van der Waals surface area contributed by atoms with Crippen molar-refractivity contribution < 1.29 is 27.9 Å². The van der Waals surface area contributed by atoms with Gasteiger partial charge in [-0.1, -0.05) is 62.4 Å². The van der Waals surface area contributed by atoms with Gasteiger partial charge in [-0.2, -0.15) is 4.31 Å². The summed E-state index contributed by atoms with van der Waals surface area (Å²) in [6, 6.07) is 16.6. The van der Waals surface area contributed by atoms with Gasteiger partial charge in [0.1, 0.15) is 28.0 Å². The number of Topliss-reactive ketones (excluding diaryl/α,β-unsaturated/α-hetero) is 1. The number of carbonyl (C=O) groups is 2. The lowest BCUT2D eigenvalue weighted by molar-refractivity contribution is -0.139. The number of carbonyl (C=O) groups excluding carboxylic acids is 1. The minimum Gasteiger partial charge on any atom is -0.488 e. The Balaban J connectivity index is 1.63. The van der Waals surface area contributed by atoms with E-state index in [1.54, 1.807) is 24.3 Å². The number of hydrogen-bond acceptors (Lipinski definition) is 7. The summed E-state index contributed by atoms with van der Waals surface area (Å²) < 4.78 is 37.3. The number of ketones is 1. The zero-order valence-electron chi connectivity index (χ0n) is 27.3. The maximum absolute atomic E-state index is 14.0. The number of para-hydroxylation sites is 1. The smallest absolute Gasteiger partial charge is 0.303 e. The third-order valence-electron chi connectivity index (χ3n) is 9.28. The lowest BCUT2D eigenvalue weighted by atomic mass is 9.67. The monoisotopic (exact) mass is 646 g/mol. The number of rotatable bonds is 11. The summed E-state index contributed by atoms with van der Waals surface area (Å²) >= 11 is 0. The van der Waals surface area contributed by atoms with Gasteiger partial charge >= 0.3 is 5.97 Å². The first-order chi connectivity index (χ1) is 21.8. The molecule has 3 aromatic carbocycles. The number of nitrogens with zero attached hydrogens (tertiary/aromatic N) is 4. The molecule has 244 valence electrons. The number of fused-ring (bicyclic) bond motifs is 2. The summed E-state index contributed by atoms with van der Waals surface area (Å²) in [7, 11) is -3.87. The molecule has 2 heterocycles. The molecule has 2 atom stereocenters. The Labute approximate surface area is 270 Å². The lowest BCUT2D eigenvalue weighted by Gasteiger charge is -2.35. The summed E-state index contributed by atoms with van der Waals surface area (Å²) in [4.78, 5) is 25.3. The second-order valence-electron chi connectivity index (χ2n) is 12.6. The van der Waals surface area contributed by atoms with Gasteiger partial charge in [0.05, 0.1) is 18.5 Å². The molecule has 0 aliphatic carbocycles. The number of carboxylic acids is 1. The fourth-order valence-electron chi connectivity index (χ4n) is 6.45. The van der Waals surface area contributed by atoms with E-state index < -0.39 is 27.3 Å². The maximum Gasteiger partial charge on any atom is 0.303 e. The number of hydrogen-bond donors (Lipinski definition) is 1. The summed E-state index contributed by atoms with van der Waals surface area (Å²) in [6.45, 7) is 12.6. The average Bonchev–Trinajstić information content (AvgIpc) is 3.41. The summed E-state index contributed by atoms with van der Waals surface area (Å²) in [5, 5.41) is 18.1. The van der Waals surface area contributed by atoms with Gasteiger partial charge in [0, 0.05) is 30.8 Å². The molecule has 0 spiro atoms. The summed E-state index contributed by atoms with van der Waals surface area (Å²) in [5.41, 5.74) is 4.95. The Bertz CT molecular complexity index is 1900. The van der Waals surface area contributed by atoms with Gasteiger partial charge < -0.3 is 9.84 Å². The number of aryl methyl sites for hydroxylation is 3. The zero-order valence-corrected chi connectivity index (χ0v) is 28.1. The molecule has 0 saturated heterocycles. The van der Waals surface area contributed by atoms with E-state index in [4.69, 9.17) is 4.74 Å². The number of benzene rings is 3. The molecule has 10 nitrogen and oxygen atoms in total. The predicted molar refractivity (Wildman–Crippen MR) is 175 cm³/mol. The minimum absolute atomic E-state index is 0.102. The number of sulfonamides is 1. The van der Waals surface area contributed by atoms with Crippen LogP contribution in [0.2, 0.25) is 0 Å². The van der Waals surface area contributed by atoms with E-state index >= 15 is 0 Å². The average molecular weight is 647 g/mol. The molecule has 1 aromatic heterocycles. The first kappa shape index (κ1) is 33.3.